The second-order valence-electron chi connectivity index (χ2n) is 7.32. The van der Waals surface area contributed by atoms with Gasteiger partial charge in [0, 0.05) is 25.2 Å². The van der Waals surface area contributed by atoms with Crippen LogP contribution in [0.5, 0.6) is 5.75 Å². The van der Waals surface area contributed by atoms with Crippen molar-refractivity contribution in [2.75, 3.05) is 13.1 Å². The molecule has 0 saturated carbocycles. The van der Waals surface area contributed by atoms with Crippen LogP contribution in [-0.4, -0.2) is 46.9 Å². The van der Waals surface area contributed by atoms with Gasteiger partial charge in [0.05, 0.1) is 12.5 Å². The van der Waals surface area contributed by atoms with Crippen molar-refractivity contribution < 1.29 is 32.6 Å². The highest BCUT2D eigenvalue weighted by atomic mass is 19.4. The Labute approximate surface area is 166 Å². The predicted molar refractivity (Wildman–Crippen MR) is 96.8 cm³/mol. The quantitative estimate of drug-likeness (QED) is 0.728. The second-order valence-corrected chi connectivity index (χ2v) is 7.32. The average molecular weight is 413 g/mol. The number of hydrogen-bond acceptors (Lipinski definition) is 4. The van der Waals surface area contributed by atoms with Crippen LogP contribution in [-0.2, 0) is 16.1 Å². The fourth-order valence-corrected chi connectivity index (χ4v) is 3.07. The molecule has 1 heterocycles. The third-order valence-electron chi connectivity index (χ3n) is 4.46. The van der Waals surface area contributed by atoms with Gasteiger partial charge in [0.25, 0.3) is 5.91 Å². The molecule has 29 heavy (non-hydrogen) atoms. The van der Waals surface area contributed by atoms with Crippen molar-refractivity contribution >= 4 is 17.5 Å². The van der Waals surface area contributed by atoms with Gasteiger partial charge in [0.2, 0.25) is 5.91 Å². The number of ether oxygens (including phenoxy) is 1. The number of carbonyl (C=O) groups is 2. The van der Waals surface area contributed by atoms with Crippen LogP contribution in [0.25, 0.3) is 4.85 Å². The Kier molecular flexibility index (Phi) is 6.74. The Hall–Kier alpha value is -2.80. The molecule has 7 nitrogen and oxygen atoms in total. The van der Waals surface area contributed by atoms with E-state index in [0.29, 0.717) is 19.4 Å². The smallest absolute Gasteiger partial charge is 0.407 e. The van der Waals surface area contributed by atoms with Crippen LogP contribution >= 0.6 is 0 Å². The zero-order valence-electron chi connectivity index (χ0n) is 16.0. The van der Waals surface area contributed by atoms with E-state index in [4.69, 9.17) is 6.57 Å². The number of benzene rings is 1. The summed E-state index contributed by atoms with van der Waals surface area (Å²) in [5, 5.41) is 12.4. The summed E-state index contributed by atoms with van der Waals surface area (Å²) in [5.74, 6) is -1.98. The summed E-state index contributed by atoms with van der Waals surface area (Å²) in [5.41, 5.74) is -1.50. The van der Waals surface area contributed by atoms with Crippen LogP contribution in [0.3, 0.4) is 0 Å². The summed E-state index contributed by atoms with van der Waals surface area (Å²) in [7, 11) is 0. The van der Waals surface area contributed by atoms with E-state index < -0.39 is 35.4 Å². The van der Waals surface area contributed by atoms with Crippen molar-refractivity contribution in [1.29, 1.82) is 0 Å². The first-order chi connectivity index (χ1) is 13.4. The summed E-state index contributed by atoms with van der Waals surface area (Å²) < 4.78 is 41.8. The maximum atomic E-state index is 12.6. The summed E-state index contributed by atoms with van der Waals surface area (Å²) in [6.07, 6.45) is -3.84. The summed E-state index contributed by atoms with van der Waals surface area (Å²) >= 11 is 0. The van der Waals surface area contributed by atoms with Crippen molar-refractivity contribution in [1.82, 2.24) is 10.2 Å². The Bertz CT molecular complexity index is 812. The molecule has 0 aliphatic carbocycles. The van der Waals surface area contributed by atoms with E-state index in [1.54, 1.807) is 0 Å². The lowest BCUT2D eigenvalue weighted by Crippen LogP contribution is -2.51. The van der Waals surface area contributed by atoms with Gasteiger partial charge in [-0.15, -0.1) is 13.2 Å². The SMILES string of the molecule is [C-]#[N+]c1ccc(CNC(=O)[C@@H]2CCCN(C(=O)C(C)(C)O)C2)c(OC(F)(F)F)c1. The standard InChI is InChI=1S/C19H22F3N3O4/c1-18(2,28)17(27)25-8-4-5-13(11-25)16(26)24-10-12-6-7-14(23-3)9-15(12)29-19(20,21)22/h6-7,9,13,28H,4-5,8,10-11H2,1-2H3,(H,24,26)/t13-/m1/s1. The van der Waals surface area contributed by atoms with Crippen molar-refractivity contribution in [3.63, 3.8) is 0 Å². The van der Waals surface area contributed by atoms with Crippen LogP contribution in [0.4, 0.5) is 18.9 Å². The fourth-order valence-electron chi connectivity index (χ4n) is 3.07. The predicted octanol–water partition coefficient (Wildman–Crippen LogP) is 2.76. The molecule has 2 amide bonds. The number of likely N-dealkylation sites (tertiary alicyclic amines) is 1. The highest BCUT2D eigenvalue weighted by Gasteiger charge is 2.35. The maximum absolute atomic E-state index is 12.6. The maximum Gasteiger partial charge on any atom is 0.573 e. The first kappa shape index (κ1) is 22.5. The molecule has 0 aromatic heterocycles. The molecule has 1 aliphatic heterocycles. The second kappa shape index (κ2) is 8.69. The van der Waals surface area contributed by atoms with Crippen LogP contribution in [0.1, 0.15) is 32.3 Å². The Balaban J connectivity index is 2.05. The van der Waals surface area contributed by atoms with Crippen LogP contribution in [0.2, 0.25) is 0 Å². The third-order valence-corrected chi connectivity index (χ3v) is 4.46. The van der Waals surface area contributed by atoms with Crippen molar-refractivity contribution in [3.8, 4) is 5.75 Å². The molecule has 2 N–H and O–H groups in total. The molecule has 10 heteroatoms. The first-order valence-corrected chi connectivity index (χ1v) is 8.96. The molecule has 1 aliphatic rings. The molecule has 1 aromatic rings. The molecule has 1 aromatic carbocycles. The number of halogens is 3. The Morgan fingerprint density at radius 3 is 2.66 bits per heavy atom. The lowest BCUT2D eigenvalue weighted by atomic mass is 9.95. The Morgan fingerprint density at radius 1 is 1.38 bits per heavy atom. The highest BCUT2D eigenvalue weighted by molar-refractivity contribution is 5.85. The normalized spacial score (nSPS) is 17.4. The lowest BCUT2D eigenvalue weighted by Gasteiger charge is -2.35. The van der Waals surface area contributed by atoms with Crippen molar-refractivity contribution in [2.24, 2.45) is 5.92 Å². The van der Waals surface area contributed by atoms with Gasteiger partial charge in [-0.2, -0.15) is 0 Å². The van der Waals surface area contributed by atoms with Gasteiger partial charge in [-0.3, -0.25) is 9.59 Å². The van der Waals surface area contributed by atoms with Crippen LogP contribution in [0, 0.1) is 12.5 Å². The molecular weight excluding hydrogens is 391 g/mol. The van der Waals surface area contributed by atoms with Gasteiger partial charge < -0.3 is 20.1 Å². The lowest BCUT2D eigenvalue weighted by molar-refractivity contribution is -0.274. The molecule has 1 saturated heterocycles. The third kappa shape index (κ3) is 6.35. The number of amides is 2. The zero-order chi connectivity index (χ0) is 21.8. The van der Waals surface area contributed by atoms with E-state index in [1.165, 1.54) is 30.9 Å². The monoisotopic (exact) mass is 413 g/mol. The number of hydrogen-bond donors (Lipinski definition) is 2. The molecule has 158 valence electrons. The summed E-state index contributed by atoms with van der Waals surface area (Å²) in [6, 6.07) is 3.59. The minimum absolute atomic E-state index is 0.0209. The summed E-state index contributed by atoms with van der Waals surface area (Å²) in [4.78, 5) is 29.2. The van der Waals surface area contributed by atoms with Crippen molar-refractivity contribution in [2.45, 2.75) is 45.2 Å². The minimum Gasteiger partial charge on any atom is -0.407 e. The van der Waals surface area contributed by atoms with E-state index in [0.717, 1.165) is 6.07 Å². The van der Waals surface area contributed by atoms with E-state index >= 15 is 0 Å². The van der Waals surface area contributed by atoms with Gasteiger partial charge >= 0.3 is 6.36 Å². The molecule has 0 radical (unpaired) electrons. The van der Waals surface area contributed by atoms with Gasteiger partial charge in [-0.05, 0) is 32.8 Å². The molecular formula is C19H22F3N3O4. The number of alkyl halides is 3. The Morgan fingerprint density at radius 2 is 2.07 bits per heavy atom. The van der Waals surface area contributed by atoms with E-state index in [9.17, 15) is 27.9 Å². The molecule has 1 fully saturated rings. The molecule has 0 bridgehead atoms. The van der Waals surface area contributed by atoms with Crippen molar-refractivity contribution in [3.05, 3.63) is 35.2 Å². The number of rotatable bonds is 5. The largest absolute Gasteiger partial charge is 0.573 e. The van der Waals surface area contributed by atoms with E-state index in [1.807, 2.05) is 0 Å². The molecule has 1 atom stereocenters. The number of piperidine rings is 1. The van der Waals surface area contributed by atoms with Gasteiger partial charge in [0.1, 0.15) is 11.4 Å². The number of aliphatic hydroxyl groups is 1. The summed E-state index contributed by atoms with van der Waals surface area (Å²) in [6.45, 7) is 9.97. The average Bonchev–Trinajstić information content (AvgIpc) is 2.64. The number of carbonyl (C=O) groups excluding carboxylic acids is 2. The number of nitrogens with zero attached hydrogens (tertiary/aromatic N) is 2. The molecule has 2 rings (SSSR count). The zero-order valence-corrected chi connectivity index (χ0v) is 16.0. The van der Waals surface area contributed by atoms with E-state index in [-0.39, 0.29) is 24.3 Å². The minimum atomic E-state index is -4.93. The van der Waals surface area contributed by atoms with Gasteiger partial charge in [-0.25, -0.2) is 4.85 Å². The topological polar surface area (TPSA) is 83.2 Å². The molecule has 0 unspecified atom stereocenters. The first-order valence-electron chi connectivity index (χ1n) is 8.96. The van der Waals surface area contributed by atoms with Gasteiger partial charge in [-0.1, -0.05) is 12.1 Å². The van der Waals surface area contributed by atoms with Crippen LogP contribution in [0.15, 0.2) is 18.2 Å². The van der Waals surface area contributed by atoms with Gasteiger partial charge in [0.15, 0.2) is 5.69 Å². The highest BCUT2D eigenvalue weighted by Crippen LogP contribution is 2.30. The number of nitrogens with one attached hydrogen (secondary N) is 1. The van der Waals surface area contributed by atoms with Crippen LogP contribution < -0.4 is 10.1 Å². The van der Waals surface area contributed by atoms with E-state index in [2.05, 4.69) is 14.9 Å². The fraction of sp³-hybridized carbons (Fsp3) is 0.526. The molecule has 0 spiro atoms.